The van der Waals surface area contributed by atoms with Crippen LogP contribution in [0.3, 0.4) is 0 Å². The molecule has 0 saturated carbocycles. The zero-order chi connectivity index (χ0) is 11.5. The molecule has 0 saturated heterocycles. The lowest BCUT2D eigenvalue weighted by Gasteiger charge is -2.04. The first kappa shape index (κ1) is 11.0. The van der Waals surface area contributed by atoms with Crippen LogP contribution in [-0.4, -0.2) is 25.2 Å². The van der Waals surface area contributed by atoms with Crippen LogP contribution < -0.4 is 5.73 Å². The molecule has 1 unspecified atom stereocenters. The Labute approximate surface area is 97.2 Å². The van der Waals surface area contributed by atoms with Gasteiger partial charge in [0.15, 0.2) is 0 Å². The molecule has 0 spiro atoms. The number of aryl methyl sites for hydroxylation is 1. The number of hydrogen-bond donors (Lipinski definition) is 1. The molecular weight excluding hydrogens is 224 g/mol. The number of nitrogens with zero attached hydrogens (tertiary/aromatic N) is 5. The quantitative estimate of drug-likeness (QED) is 0.847. The molecule has 0 aliphatic carbocycles. The zero-order valence-electron chi connectivity index (χ0n) is 9.03. The molecule has 2 aromatic rings. The molecular formula is C9H12N6S. The molecule has 0 amide bonds. The van der Waals surface area contributed by atoms with Gasteiger partial charge in [-0.1, -0.05) is 0 Å². The standard InChI is InChI=1S/C9H12N6S/c1-6(10)8-4-3-7(5-11-8)16-9-12-13-14-15(9)2/h3-6H,10H2,1-2H3. The smallest absolute Gasteiger partial charge is 0.213 e. The molecule has 2 rings (SSSR count). The van der Waals surface area contributed by atoms with Gasteiger partial charge in [-0.05, 0) is 41.2 Å². The molecule has 0 aromatic carbocycles. The van der Waals surface area contributed by atoms with Gasteiger partial charge in [0.1, 0.15) is 0 Å². The van der Waals surface area contributed by atoms with Gasteiger partial charge in [-0.15, -0.1) is 5.10 Å². The van der Waals surface area contributed by atoms with Gasteiger partial charge in [-0.25, -0.2) is 4.68 Å². The summed E-state index contributed by atoms with van der Waals surface area (Å²) in [4.78, 5) is 5.25. The first-order chi connectivity index (χ1) is 7.66. The van der Waals surface area contributed by atoms with Crippen LogP contribution in [0.15, 0.2) is 28.4 Å². The predicted molar refractivity (Wildman–Crippen MR) is 59.8 cm³/mol. The average Bonchev–Trinajstić information content (AvgIpc) is 2.65. The third-order valence-corrected chi connectivity index (χ3v) is 3.02. The van der Waals surface area contributed by atoms with Crippen LogP contribution in [0.4, 0.5) is 0 Å². The molecule has 2 N–H and O–H groups in total. The van der Waals surface area contributed by atoms with Crippen LogP contribution in [0, 0.1) is 0 Å². The highest BCUT2D eigenvalue weighted by Gasteiger charge is 2.06. The van der Waals surface area contributed by atoms with Gasteiger partial charge in [0.25, 0.3) is 0 Å². The average molecular weight is 236 g/mol. The summed E-state index contributed by atoms with van der Waals surface area (Å²) >= 11 is 1.46. The van der Waals surface area contributed by atoms with Crippen molar-refractivity contribution in [3.05, 3.63) is 24.0 Å². The number of nitrogens with two attached hydrogens (primary N) is 1. The topological polar surface area (TPSA) is 82.5 Å². The summed E-state index contributed by atoms with van der Waals surface area (Å²) in [5.74, 6) is 0. The molecule has 0 fully saturated rings. The Bertz CT molecular complexity index is 463. The fraction of sp³-hybridized carbons (Fsp3) is 0.333. The predicted octanol–water partition coefficient (Wildman–Crippen LogP) is 0.776. The molecule has 0 radical (unpaired) electrons. The molecule has 7 heteroatoms. The van der Waals surface area contributed by atoms with Crippen molar-refractivity contribution in [2.75, 3.05) is 0 Å². The second kappa shape index (κ2) is 4.58. The minimum atomic E-state index is -0.0458. The summed E-state index contributed by atoms with van der Waals surface area (Å²) in [6.07, 6.45) is 1.78. The van der Waals surface area contributed by atoms with E-state index in [4.69, 9.17) is 5.73 Å². The lowest BCUT2D eigenvalue weighted by molar-refractivity contribution is 0.664. The van der Waals surface area contributed by atoms with Gasteiger partial charge in [-0.2, -0.15) is 0 Å². The van der Waals surface area contributed by atoms with Crippen molar-refractivity contribution in [1.82, 2.24) is 25.2 Å². The van der Waals surface area contributed by atoms with E-state index in [-0.39, 0.29) is 6.04 Å². The van der Waals surface area contributed by atoms with Crippen LogP contribution in [0.25, 0.3) is 0 Å². The van der Waals surface area contributed by atoms with Crippen molar-refractivity contribution in [3.8, 4) is 0 Å². The third-order valence-electron chi connectivity index (χ3n) is 2.02. The summed E-state index contributed by atoms with van der Waals surface area (Å²) in [7, 11) is 1.80. The maximum Gasteiger partial charge on any atom is 0.213 e. The zero-order valence-corrected chi connectivity index (χ0v) is 9.85. The minimum Gasteiger partial charge on any atom is -0.323 e. The molecule has 0 aliphatic rings. The Morgan fingerprint density at radius 1 is 1.44 bits per heavy atom. The highest BCUT2D eigenvalue weighted by atomic mass is 32.2. The fourth-order valence-electron chi connectivity index (χ4n) is 1.13. The van der Waals surface area contributed by atoms with Crippen molar-refractivity contribution in [2.45, 2.75) is 23.0 Å². The Balaban J connectivity index is 2.14. The highest BCUT2D eigenvalue weighted by Crippen LogP contribution is 2.24. The molecule has 84 valence electrons. The van der Waals surface area contributed by atoms with E-state index in [0.717, 1.165) is 15.7 Å². The second-order valence-corrected chi connectivity index (χ2v) is 4.44. The lowest BCUT2D eigenvalue weighted by atomic mass is 10.2. The van der Waals surface area contributed by atoms with Gasteiger partial charge >= 0.3 is 0 Å². The summed E-state index contributed by atoms with van der Waals surface area (Å²) < 4.78 is 1.62. The Morgan fingerprint density at radius 2 is 2.25 bits per heavy atom. The van der Waals surface area contributed by atoms with Crippen LogP contribution in [0.2, 0.25) is 0 Å². The van der Waals surface area contributed by atoms with E-state index in [0.29, 0.717) is 0 Å². The van der Waals surface area contributed by atoms with Gasteiger partial charge in [-0.3, -0.25) is 4.98 Å². The summed E-state index contributed by atoms with van der Waals surface area (Å²) in [5.41, 5.74) is 6.59. The van der Waals surface area contributed by atoms with Crippen molar-refractivity contribution >= 4 is 11.8 Å². The van der Waals surface area contributed by atoms with E-state index in [2.05, 4.69) is 20.5 Å². The van der Waals surface area contributed by atoms with Crippen molar-refractivity contribution < 1.29 is 0 Å². The molecule has 2 heterocycles. The Kier molecular flexibility index (Phi) is 3.16. The molecule has 0 aliphatic heterocycles. The number of tetrazole rings is 1. The molecule has 6 nitrogen and oxygen atoms in total. The molecule has 2 aromatic heterocycles. The van der Waals surface area contributed by atoms with Crippen LogP contribution in [0.5, 0.6) is 0 Å². The normalized spacial score (nSPS) is 12.7. The molecule has 16 heavy (non-hydrogen) atoms. The van der Waals surface area contributed by atoms with Gasteiger partial charge < -0.3 is 5.73 Å². The number of aromatic nitrogens is 5. The number of rotatable bonds is 3. The van der Waals surface area contributed by atoms with Crippen LogP contribution in [-0.2, 0) is 7.05 Å². The monoisotopic (exact) mass is 236 g/mol. The van der Waals surface area contributed by atoms with Crippen molar-refractivity contribution in [3.63, 3.8) is 0 Å². The second-order valence-electron chi connectivity index (χ2n) is 3.39. The van der Waals surface area contributed by atoms with E-state index < -0.39 is 0 Å². The highest BCUT2D eigenvalue weighted by molar-refractivity contribution is 7.99. The van der Waals surface area contributed by atoms with Crippen LogP contribution in [0.1, 0.15) is 18.7 Å². The van der Waals surface area contributed by atoms with Crippen LogP contribution >= 0.6 is 11.8 Å². The largest absolute Gasteiger partial charge is 0.323 e. The maximum absolute atomic E-state index is 5.72. The Hall–Kier alpha value is -1.47. The minimum absolute atomic E-state index is 0.0458. The molecule has 1 atom stereocenters. The maximum atomic E-state index is 5.72. The lowest BCUT2D eigenvalue weighted by Crippen LogP contribution is -2.06. The van der Waals surface area contributed by atoms with E-state index in [1.54, 1.807) is 17.9 Å². The van der Waals surface area contributed by atoms with E-state index in [1.165, 1.54) is 11.8 Å². The van der Waals surface area contributed by atoms with Crippen molar-refractivity contribution in [2.24, 2.45) is 12.8 Å². The summed E-state index contributed by atoms with van der Waals surface area (Å²) in [6, 6.07) is 3.83. The van der Waals surface area contributed by atoms with Crippen molar-refractivity contribution in [1.29, 1.82) is 0 Å². The SMILES string of the molecule is CC(N)c1ccc(Sc2nnnn2C)cn1. The number of pyridine rings is 1. The third kappa shape index (κ3) is 2.37. The first-order valence-corrected chi connectivity index (χ1v) is 5.60. The molecule has 0 bridgehead atoms. The number of hydrogen-bond acceptors (Lipinski definition) is 6. The summed E-state index contributed by atoms with van der Waals surface area (Å²) in [6.45, 7) is 1.90. The Morgan fingerprint density at radius 3 is 2.75 bits per heavy atom. The van der Waals surface area contributed by atoms with E-state index in [1.807, 2.05) is 19.1 Å². The van der Waals surface area contributed by atoms with Gasteiger partial charge in [0, 0.05) is 24.2 Å². The first-order valence-electron chi connectivity index (χ1n) is 4.78. The van der Waals surface area contributed by atoms with E-state index in [9.17, 15) is 0 Å². The van der Waals surface area contributed by atoms with Gasteiger partial charge in [0.2, 0.25) is 5.16 Å². The fourth-order valence-corrected chi connectivity index (χ4v) is 1.83. The van der Waals surface area contributed by atoms with E-state index >= 15 is 0 Å². The summed E-state index contributed by atoms with van der Waals surface area (Å²) in [5, 5.41) is 11.9. The van der Waals surface area contributed by atoms with Gasteiger partial charge in [0.05, 0.1) is 5.69 Å².